The fraction of sp³-hybridized carbons (Fsp3) is 0.0114. The zero-order chi connectivity index (χ0) is 61.1. The Balaban J connectivity index is 0.796. The number of nitrogens with zero attached hydrogens (tertiary/aromatic N) is 4. The van der Waals surface area contributed by atoms with Crippen LogP contribution in [0.5, 0.6) is 0 Å². The summed E-state index contributed by atoms with van der Waals surface area (Å²) in [5.41, 5.74) is 28.5. The van der Waals surface area contributed by atoms with Gasteiger partial charge < -0.3 is 8.98 Å². The molecule has 0 atom stereocenters. The van der Waals surface area contributed by atoms with Crippen molar-refractivity contribution in [3.8, 4) is 118 Å². The van der Waals surface area contributed by atoms with Gasteiger partial charge >= 0.3 is 0 Å². The van der Waals surface area contributed by atoms with Crippen LogP contribution in [0.1, 0.15) is 22.3 Å². The first kappa shape index (κ1) is 52.6. The maximum absolute atomic E-state index is 6.71. The van der Waals surface area contributed by atoms with E-state index >= 15 is 0 Å². The normalized spacial score (nSPS) is 12.6. The molecule has 0 amide bonds. The van der Waals surface area contributed by atoms with Crippen molar-refractivity contribution in [2.45, 2.75) is 5.41 Å². The smallest absolute Gasteiger partial charge is 0.167 e. The summed E-state index contributed by atoms with van der Waals surface area (Å²) < 4.78 is 9.21. The molecule has 3 aromatic heterocycles. The Morgan fingerprint density at radius 3 is 1.33 bits per heavy atom. The monoisotopic (exact) mass is 1180 g/mol. The van der Waals surface area contributed by atoms with Gasteiger partial charge in [0.2, 0.25) is 0 Å². The predicted molar refractivity (Wildman–Crippen MR) is 381 cm³/mol. The van der Waals surface area contributed by atoms with Gasteiger partial charge in [-0.2, -0.15) is 0 Å². The maximum atomic E-state index is 6.71. The molecule has 432 valence electrons. The zero-order valence-corrected chi connectivity index (χ0v) is 50.4. The minimum Gasteiger partial charge on any atom is -0.455 e. The van der Waals surface area contributed by atoms with Gasteiger partial charge in [0.25, 0.3) is 0 Å². The van der Waals surface area contributed by atoms with E-state index in [1.807, 2.05) is 12.1 Å². The van der Waals surface area contributed by atoms with E-state index in [-0.39, 0.29) is 0 Å². The number of hydrogen-bond acceptors (Lipinski definition) is 4. The predicted octanol–water partition coefficient (Wildman–Crippen LogP) is 22.5. The van der Waals surface area contributed by atoms with E-state index in [9.17, 15) is 0 Å². The summed E-state index contributed by atoms with van der Waals surface area (Å²) in [4.78, 5) is 16.3. The lowest BCUT2D eigenvalue weighted by Crippen LogP contribution is -2.26. The summed E-state index contributed by atoms with van der Waals surface area (Å²) in [6, 6.07) is 119. The number of rotatable bonds is 9. The maximum Gasteiger partial charge on any atom is 0.167 e. The fourth-order valence-corrected chi connectivity index (χ4v) is 15.4. The summed E-state index contributed by atoms with van der Waals surface area (Å²) >= 11 is 0. The lowest BCUT2D eigenvalue weighted by molar-refractivity contribution is 0.669. The van der Waals surface area contributed by atoms with Crippen LogP contribution < -0.4 is 0 Å². The van der Waals surface area contributed by atoms with Gasteiger partial charge in [-0.1, -0.05) is 255 Å². The molecule has 0 fully saturated rings. The van der Waals surface area contributed by atoms with Crippen LogP contribution in [0.25, 0.3) is 161 Å². The molecule has 5 heteroatoms. The van der Waals surface area contributed by atoms with Crippen LogP contribution in [0.3, 0.4) is 0 Å². The lowest BCUT2D eigenvalue weighted by atomic mass is 9.70. The van der Waals surface area contributed by atoms with Crippen LogP contribution in [0, 0.1) is 0 Å². The Hall–Kier alpha value is -12.3. The first-order valence-corrected chi connectivity index (χ1v) is 31.8. The Kier molecular flexibility index (Phi) is 11.8. The molecule has 0 unspecified atom stereocenters. The second-order valence-electron chi connectivity index (χ2n) is 24.5. The van der Waals surface area contributed by atoms with Crippen LogP contribution in [0.2, 0.25) is 0 Å². The summed E-state index contributed by atoms with van der Waals surface area (Å²) in [5, 5.41) is 4.37. The highest BCUT2D eigenvalue weighted by Gasteiger charge is 2.51. The molecular weight excluding hydrogens is 1130 g/mol. The van der Waals surface area contributed by atoms with E-state index in [1.54, 1.807) is 0 Å². The Labute approximate surface area is 537 Å². The van der Waals surface area contributed by atoms with Crippen molar-refractivity contribution >= 4 is 43.7 Å². The lowest BCUT2D eigenvalue weighted by Gasteiger charge is -2.30. The van der Waals surface area contributed by atoms with Gasteiger partial charge in [0.1, 0.15) is 11.2 Å². The van der Waals surface area contributed by atoms with E-state index in [0.717, 1.165) is 116 Å². The van der Waals surface area contributed by atoms with Gasteiger partial charge in [-0.05, 0) is 173 Å². The van der Waals surface area contributed by atoms with Crippen molar-refractivity contribution in [2.24, 2.45) is 0 Å². The van der Waals surface area contributed by atoms with Crippen LogP contribution in [0.4, 0.5) is 0 Å². The number of furan rings is 1. The molecule has 0 N–H and O–H groups in total. The van der Waals surface area contributed by atoms with E-state index < -0.39 is 5.41 Å². The van der Waals surface area contributed by atoms with Crippen LogP contribution in [0.15, 0.2) is 332 Å². The molecule has 14 aromatic carbocycles. The summed E-state index contributed by atoms with van der Waals surface area (Å²) in [5.74, 6) is 1.63. The van der Waals surface area contributed by atoms with Gasteiger partial charge in [0.15, 0.2) is 17.5 Å². The molecular formula is C88H54N4O. The molecule has 0 saturated carbocycles. The quantitative estimate of drug-likeness (QED) is 0.145. The van der Waals surface area contributed by atoms with Crippen molar-refractivity contribution in [1.82, 2.24) is 19.5 Å². The number of hydrogen-bond donors (Lipinski definition) is 0. The first-order valence-electron chi connectivity index (χ1n) is 31.8. The topological polar surface area (TPSA) is 56.7 Å². The molecule has 5 nitrogen and oxygen atoms in total. The number of fused-ring (bicyclic) bond motifs is 16. The van der Waals surface area contributed by atoms with Gasteiger partial charge in [-0.15, -0.1) is 0 Å². The highest BCUT2D eigenvalue weighted by molar-refractivity contribution is 6.17. The highest BCUT2D eigenvalue weighted by atomic mass is 16.3. The number of benzene rings is 14. The number of aromatic nitrogens is 4. The van der Waals surface area contributed by atoms with Gasteiger partial charge in [-0.25, -0.2) is 15.0 Å². The SMILES string of the molecule is c1ccc(-c2cc(-c3ccccc3)cc(-c3cccc(-c4nc(-c5cccc(-c6cccc7c6c6cc(-c8ccccc8)ccc6n7-c6ccc7c(c6)C6(c8ccccc8-c8ccccc86)c6ccccc6-7)c5)nc(-c5cccc6c5oc5ccccc56)n4)c3)c2)cc1. The fourth-order valence-electron chi connectivity index (χ4n) is 15.4. The highest BCUT2D eigenvalue weighted by Crippen LogP contribution is 2.63. The summed E-state index contributed by atoms with van der Waals surface area (Å²) in [6.07, 6.45) is 0. The summed E-state index contributed by atoms with van der Waals surface area (Å²) in [6.45, 7) is 0. The molecule has 17 aromatic rings. The molecule has 2 aliphatic rings. The molecule has 3 heterocycles. The third kappa shape index (κ3) is 8.23. The van der Waals surface area contributed by atoms with E-state index in [2.05, 4.69) is 320 Å². The third-order valence-corrected chi connectivity index (χ3v) is 19.4. The second kappa shape index (κ2) is 20.9. The minimum atomic E-state index is -0.489. The molecule has 93 heavy (non-hydrogen) atoms. The van der Waals surface area contributed by atoms with Crippen molar-refractivity contribution in [1.29, 1.82) is 0 Å². The minimum absolute atomic E-state index is 0.489. The largest absolute Gasteiger partial charge is 0.455 e. The molecule has 0 aliphatic heterocycles. The average Bonchev–Trinajstić information content (AvgIpc) is 1.51. The van der Waals surface area contributed by atoms with Crippen LogP contribution >= 0.6 is 0 Å². The molecule has 1 spiro atoms. The van der Waals surface area contributed by atoms with Crippen molar-refractivity contribution in [3.63, 3.8) is 0 Å². The van der Waals surface area contributed by atoms with Crippen molar-refractivity contribution in [3.05, 3.63) is 350 Å². The molecule has 0 saturated heterocycles. The van der Waals surface area contributed by atoms with E-state index in [1.165, 1.54) is 50.1 Å². The molecule has 19 rings (SSSR count). The van der Waals surface area contributed by atoms with Crippen LogP contribution in [-0.2, 0) is 5.41 Å². The van der Waals surface area contributed by atoms with Crippen molar-refractivity contribution < 1.29 is 4.42 Å². The molecule has 0 radical (unpaired) electrons. The van der Waals surface area contributed by atoms with Gasteiger partial charge in [0.05, 0.1) is 22.0 Å². The van der Waals surface area contributed by atoms with Crippen LogP contribution in [-0.4, -0.2) is 19.5 Å². The second-order valence-corrected chi connectivity index (χ2v) is 24.5. The third-order valence-electron chi connectivity index (χ3n) is 19.4. The van der Waals surface area contributed by atoms with E-state index in [4.69, 9.17) is 19.4 Å². The van der Waals surface area contributed by atoms with E-state index in [0.29, 0.717) is 17.5 Å². The standard InChI is InChI=1S/C88H54N4O/c1-4-22-55(23-5-1)59-44-47-80-75(53-59)83-67(36-21-42-81(83)92(80)66-45-46-71-70-34-12-16-41-78(70)88(79(71)54-66)76-39-14-10-32-68(76)69-33-11-15-40-77(69)88)60-29-19-31-62(49-60)86-89-85(90-87(91-86)74-38-20-37-73-72-35-13-17-43-82(72)93-84(73)74)61-30-18-28-58(48-61)65-51-63(56-24-6-2-7-25-56)50-64(52-65)57-26-8-3-9-27-57/h1-54H. The average molecular weight is 1180 g/mol. The number of para-hydroxylation sites is 2. The Morgan fingerprint density at radius 2 is 0.688 bits per heavy atom. The van der Waals surface area contributed by atoms with Crippen molar-refractivity contribution in [2.75, 3.05) is 0 Å². The molecule has 2 aliphatic carbocycles. The van der Waals surface area contributed by atoms with Gasteiger partial charge in [0, 0.05) is 38.4 Å². The summed E-state index contributed by atoms with van der Waals surface area (Å²) in [7, 11) is 0. The first-order chi connectivity index (χ1) is 46.1. The Morgan fingerprint density at radius 1 is 0.247 bits per heavy atom. The zero-order valence-electron chi connectivity index (χ0n) is 50.4. The molecule has 0 bridgehead atoms. The van der Waals surface area contributed by atoms with Gasteiger partial charge in [-0.3, -0.25) is 0 Å². The Bertz CT molecular complexity index is 5760.